The Morgan fingerprint density at radius 2 is 2.05 bits per heavy atom. The van der Waals surface area contributed by atoms with Crippen LogP contribution in [0.25, 0.3) is 0 Å². The number of phenols is 1. The molecule has 1 fully saturated rings. The van der Waals surface area contributed by atoms with Crippen LogP contribution in [0.1, 0.15) is 25.5 Å². The zero-order valence-electron chi connectivity index (χ0n) is 12.4. The van der Waals surface area contributed by atoms with Crippen LogP contribution in [-0.4, -0.2) is 49.0 Å². The number of nitrogens with zero attached hydrogens (tertiary/aromatic N) is 1. The maximum atomic E-state index is 10.3. The molecule has 0 aliphatic carbocycles. The van der Waals surface area contributed by atoms with Gasteiger partial charge in [0.25, 0.3) is 0 Å². The van der Waals surface area contributed by atoms with Crippen LogP contribution in [0.3, 0.4) is 0 Å². The third-order valence-electron chi connectivity index (χ3n) is 3.72. The predicted octanol–water partition coefficient (Wildman–Crippen LogP) is 1.51. The summed E-state index contributed by atoms with van der Waals surface area (Å²) in [6.45, 7) is 6.18. The van der Waals surface area contributed by atoms with Crippen molar-refractivity contribution in [2.24, 2.45) is 5.73 Å². The number of benzene rings is 1. The zero-order chi connectivity index (χ0) is 14.7. The number of methoxy groups -OCH3 is 1. The van der Waals surface area contributed by atoms with E-state index in [9.17, 15) is 5.11 Å². The van der Waals surface area contributed by atoms with E-state index in [1.54, 1.807) is 13.2 Å². The first-order valence-electron chi connectivity index (χ1n) is 7.02. The van der Waals surface area contributed by atoms with Gasteiger partial charge in [0.15, 0.2) is 11.5 Å². The standard InChI is InChI=1S/C15H24N2O3/c1-10-8-17(9-11(2)20-10)13(7-16)12-5-4-6-14(19-3)15(12)18/h4-6,10-11,13,18H,7-9,16H2,1-3H3. The van der Waals surface area contributed by atoms with Gasteiger partial charge in [0, 0.05) is 25.2 Å². The van der Waals surface area contributed by atoms with Crippen LogP contribution in [-0.2, 0) is 4.74 Å². The monoisotopic (exact) mass is 280 g/mol. The zero-order valence-corrected chi connectivity index (χ0v) is 12.4. The van der Waals surface area contributed by atoms with E-state index in [0.29, 0.717) is 12.3 Å². The quantitative estimate of drug-likeness (QED) is 0.875. The highest BCUT2D eigenvalue weighted by atomic mass is 16.5. The van der Waals surface area contributed by atoms with Gasteiger partial charge in [0.1, 0.15) is 0 Å². The van der Waals surface area contributed by atoms with Crippen molar-refractivity contribution in [2.45, 2.75) is 32.1 Å². The van der Waals surface area contributed by atoms with Gasteiger partial charge in [-0.25, -0.2) is 0 Å². The molecule has 1 heterocycles. The van der Waals surface area contributed by atoms with Gasteiger partial charge in [0.05, 0.1) is 25.4 Å². The number of ether oxygens (including phenoxy) is 2. The minimum atomic E-state index is -0.0288. The summed E-state index contributed by atoms with van der Waals surface area (Å²) in [5, 5.41) is 10.3. The van der Waals surface area contributed by atoms with Crippen LogP contribution >= 0.6 is 0 Å². The number of phenolic OH excluding ortho intramolecular Hbond substituents is 1. The van der Waals surface area contributed by atoms with Crippen molar-refractivity contribution < 1.29 is 14.6 Å². The molecule has 0 amide bonds. The summed E-state index contributed by atoms with van der Waals surface area (Å²) in [6, 6.07) is 5.50. The molecule has 0 saturated carbocycles. The predicted molar refractivity (Wildman–Crippen MR) is 78.0 cm³/mol. The number of hydrogen-bond acceptors (Lipinski definition) is 5. The molecule has 1 aliphatic rings. The van der Waals surface area contributed by atoms with Crippen molar-refractivity contribution in [1.82, 2.24) is 4.90 Å². The summed E-state index contributed by atoms with van der Waals surface area (Å²) >= 11 is 0. The lowest BCUT2D eigenvalue weighted by molar-refractivity contribution is -0.0801. The van der Waals surface area contributed by atoms with Gasteiger partial charge < -0.3 is 20.3 Å². The minimum Gasteiger partial charge on any atom is -0.504 e. The summed E-state index contributed by atoms with van der Waals surface area (Å²) in [6.07, 6.45) is 0.334. The van der Waals surface area contributed by atoms with Crippen molar-refractivity contribution in [3.05, 3.63) is 23.8 Å². The van der Waals surface area contributed by atoms with Crippen LogP contribution in [0, 0.1) is 0 Å². The first-order chi connectivity index (χ1) is 9.56. The molecular weight excluding hydrogens is 256 g/mol. The Bertz CT molecular complexity index is 443. The summed E-state index contributed by atoms with van der Waals surface area (Å²) in [7, 11) is 1.55. The molecule has 1 aromatic carbocycles. The van der Waals surface area contributed by atoms with Crippen molar-refractivity contribution in [1.29, 1.82) is 0 Å². The molecule has 112 valence electrons. The van der Waals surface area contributed by atoms with Crippen molar-refractivity contribution in [3.63, 3.8) is 0 Å². The Hall–Kier alpha value is -1.30. The number of rotatable bonds is 4. The molecule has 0 spiro atoms. The molecule has 1 saturated heterocycles. The molecular formula is C15H24N2O3. The van der Waals surface area contributed by atoms with Gasteiger partial charge in [-0.3, -0.25) is 4.90 Å². The summed E-state index contributed by atoms with van der Waals surface area (Å²) in [4.78, 5) is 2.27. The highest BCUT2D eigenvalue weighted by molar-refractivity contribution is 5.47. The largest absolute Gasteiger partial charge is 0.504 e. The Balaban J connectivity index is 2.28. The third kappa shape index (κ3) is 3.06. The van der Waals surface area contributed by atoms with Gasteiger partial charge in [-0.1, -0.05) is 12.1 Å². The summed E-state index contributed by atoms with van der Waals surface area (Å²) in [5.41, 5.74) is 6.77. The smallest absolute Gasteiger partial charge is 0.162 e. The van der Waals surface area contributed by atoms with Crippen LogP contribution in [0.5, 0.6) is 11.5 Å². The fourth-order valence-electron chi connectivity index (χ4n) is 2.92. The second-order valence-electron chi connectivity index (χ2n) is 5.36. The molecule has 3 unspecified atom stereocenters. The topological polar surface area (TPSA) is 68.0 Å². The Kier molecular flexibility index (Phi) is 4.86. The SMILES string of the molecule is COc1cccc(C(CN)N2CC(C)OC(C)C2)c1O. The van der Waals surface area contributed by atoms with E-state index < -0.39 is 0 Å². The number of nitrogens with two attached hydrogens (primary N) is 1. The van der Waals surface area contributed by atoms with Gasteiger partial charge in [-0.2, -0.15) is 0 Å². The third-order valence-corrected chi connectivity index (χ3v) is 3.72. The van der Waals surface area contributed by atoms with Gasteiger partial charge in [0.2, 0.25) is 0 Å². The molecule has 20 heavy (non-hydrogen) atoms. The maximum Gasteiger partial charge on any atom is 0.162 e. The lowest BCUT2D eigenvalue weighted by Gasteiger charge is -2.40. The van der Waals surface area contributed by atoms with Crippen molar-refractivity contribution in [2.75, 3.05) is 26.7 Å². The molecule has 2 rings (SSSR count). The molecule has 0 radical (unpaired) electrons. The summed E-state index contributed by atoms with van der Waals surface area (Å²) < 4.78 is 10.9. The van der Waals surface area contributed by atoms with Crippen molar-refractivity contribution in [3.8, 4) is 11.5 Å². The molecule has 3 atom stereocenters. The Labute approximate surface area is 120 Å². The van der Waals surface area contributed by atoms with E-state index in [1.165, 1.54) is 0 Å². The fraction of sp³-hybridized carbons (Fsp3) is 0.600. The van der Waals surface area contributed by atoms with Gasteiger partial charge >= 0.3 is 0 Å². The number of para-hydroxylation sites is 1. The first-order valence-corrected chi connectivity index (χ1v) is 7.02. The highest BCUT2D eigenvalue weighted by Gasteiger charge is 2.30. The average Bonchev–Trinajstić information content (AvgIpc) is 2.40. The molecule has 0 bridgehead atoms. The van der Waals surface area contributed by atoms with E-state index in [-0.39, 0.29) is 24.0 Å². The number of aromatic hydroxyl groups is 1. The van der Waals surface area contributed by atoms with Crippen LogP contribution in [0.15, 0.2) is 18.2 Å². The van der Waals surface area contributed by atoms with Gasteiger partial charge in [-0.05, 0) is 19.9 Å². The normalized spacial score (nSPS) is 25.4. The Morgan fingerprint density at radius 3 is 2.60 bits per heavy atom. The second kappa shape index (κ2) is 6.43. The van der Waals surface area contributed by atoms with Gasteiger partial charge in [-0.15, -0.1) is 0 Å². The molecule has 3 N–H and O–H groups in total. The van der Waals surface area contributed by atoms with E-state index in [4.69, 9.17) is 15.2 Å². The lowest BCUT2D eigenvalue weighted by atomic mass is 10.0. The highest BCUT2D eigenvalue weighted by Crippen LogP contribution is 2.36. The summed E-state index contributed by atoms with van der Waals surface area (Å²) in [5.74, 6) is 0.660. The average molecular weight is 280 g/mol. The van der Waals surface area contributed by atoms with E-state index in [0.717, 1.165) is 18.7 Å². The fourth-order valence-corrected chi connectivity index (χ4v) is 2.92. The van der Waals surface area contributed by atoms with E-state index >= 15 is 0 Å². The lowest BCUT2D eigenvalue weighted by Crippen LogP contribution is -2.48. The Morgan fingerprint density at radius 1 is 1.40 bits per heavy atom. The van der Waals surface area contributed by atoms with E-state index in [2.05, 4.69) is 18.7 Å². The minimum absolute atomic E-state index is 0.0288. The molecule has 1 aliphatic heterocycles. The molecule has 1 aromatic rings. The molecule has 5 heteroatoms. The molecule has 0 aromatic heterocycles. The van der Waals surface area contributed by atoms with E-state index in [1.807, 2.05) is 12.1 Å². The second-order valence-corrected chi connectivity index (χ2v) is 5.36. The van der Waals surface area contributed by atoms with Crippen LogP contribution < -0.4 is 10.5 Å². The number of morpholine rings is 1. The molecule has 5 nitrogen and oxygen atoms in total. The number of hydrogen-bond donors (Lipinski definition) is 2. The van der Waals surface area contributed by atoms with Crippen LogP contribution in [0.2, 0.25) is 0 Å². The van der Waals surface area contributed by atoms with Crippen LogP contribution in [0.4, 0.5) is 0 Å². The first kappa shape index (κ1) is 15.1. The maximum absolute atomic E-state index is 10.3. The van der Waals surface area contributed by atoms with Crippen molar-refractivity contribution >= 4 is 0 Å².